The molecular formula is C13H13N2O16P3. The van der Waals surface area contributed by atoms with E-state index in [0.29, 0.717) is 0 Å². The molecule has 2 fully saturated rings. The van der Waals surface area contributed by atoms with Crippen molar-refractivity contribution >= 4 is 29.4 Å². The van der Waals surface area contributed by atoms with E-state index >= 15 is 0 Å². The highest BCUT2D eigenvalue weighted by molar-refractivity contribution is 7.53. The average Bonchev–Trinajstić information content (AvgIpc) is 2.97. The molecule has 1 N–H and O–H groups in total. The van der Waals surface area contributed by atoms with Crippen LogP contribution >= 0.6 is 23.2 Å². The van der Waals surface area contributed by atoms with Gasteiger partial charge in [-0.2, -0.15) is 0 Å². The van der Waals surface area contributed by atoms with Crippen molar-refractivity contribution in [1.82, 2.24) is 9.30 Å². The fourth-order valence-electron chi connectivity index (χ4n) is 4.27. The second kappa shape index (κ2) is 6.60. The van der Waals surface area contributed by atoms with E-state index in [4.69, 9.17) is 32.0 Å². The Balaban J connectivity index is 1.40. The molecule has 7 bridgehead atoms. The van der Waals surface area contributed by atoms with Crippen LogP contribution < -0.4 is 20.4 Å². The molecule has 1 aliphatic carbocycles. The molecule has 1 saturated heterocycles. The second-order valence-electron chi connectivity index (χ2n) is 7.68. The minimum absolute atomic E-state index is 0.0543. The molecule has 9 rings (SSSR count). The number of rotatable bonds is 4. The molecule has 186 valence electrons. The molecule has 1 aromatic rings. The summed E-state index contributed by atoms with van der Waals surface area (Å²) in [7, 11) is -12.7. The normalized spacial score (nSPS) is 39.9. The van der Waals surface area contributed by atoms with Crippen LogP contribution in [0.25, 0.3) is 0 Å². The van der Waals surface area contributed by atoms with E-state index < -0.39 is 76.2 Å². The van der Waals surface area contributed by atoms with Crippen LogP contribution in [0.5, 0.6) is 5.88 Å². The van der Waals surface area contributed by atoms with Gasteiger partial charge in [0.1, 0.15) is 0 Å². The van der Waals surface area contributed by atoms with Gasteiger partial charge in [-0.3, -0.25) is 13.9 Å². The zero-order valence-electron chi connectivity index (χ0n) is 16.7. The first kappa shape index (κ1) is 22.5. The van der Waals surface area contributed by atoms with Gasteiger partial charge in [0.25, 0.3) is 0 Å². The monoisotopic (exact) mass is 546 g/mol. The molecule has 4 unspecified atom stereocenters. The number of aromatic nitrogens is 2. The largest absolute Gasteiger partial charge is 0.613 e. The topological polar surface area (TPSA) is 216 Å². The third-order valence-corrected chi connectivity index (χ3v) is 9.14. The number of methoxy groups -OCH3 is 1. The average molecular weight is 546 g/mol. The Hall–Kier alpha value is -2.00. The van der Waals surface area contributed by atoms with E-state index in [1.165, 1.54) is 0 Å². The van der Waals surface area contributed by atoms with Gasteiger partial charge in [0.2, 0.25) is 5.88 Å². The summed E-state index contributed by atoms with van der Waals surface area (Å²) in [5.74, 6) is -3.11. The van der Waals surface area contributed by atoms with E-state index in [1.807, 2.05) is 0 Å². The fourth-order valence-corrected chi connectivity index (χ4v) is 8.03. The molecule has 34 heavy (non-hydrogen) atoms. The van der Waals surface area contributed by atoms with E-state index in [1.54, 1.807) is 0 Å². The van der Waals surface area contributed by atoms with Gasteiger partial charge in [-0.05, 0) is 12.8 Å². The number of phosphoric acid groups is 2. The minimum atomic E-state index is -4.67. The molecule has 0 aromatic carbocycles. The van der Waals surface area contributed by atoms with E-state index in [9.17, 15) is 33.0 Å². The lowest BCUT2D eigenvalue weighted by Crippen LogP contribution is -2.57. The molecule has 0 radical (unpaired) electrons. The van der Waals surface area contributed by atoms with Crippen molar-refractivity contribution in [1.29, 1.82) is 0 Å². The number of carbonyl (C=O) groups excluding carboxylic acids is 1. The molecular weight excluding hydrogens is 533 g/mol. The highest BCUT2D eigenvalue weighted by atomic mass is 31.2. The van der Waals surface area contributed by atoms with Crippen molar-refractivity contribution in [2.24, 2.45) is 0 Å². The van der Waals surface area contributed by atoms with E-state index in [-0.39, 0.29) is 24.0 Å². The predicted octanol–water partition coefficient (Wildman–Crippen LogP) is 0.412. The Labute approximate surface area is 186 Å². The lowest BCUT2D eigenvalue weighted by Gasteiger charge is -2.49. The van der Waals surface area contributed by atoms with Gasteiger partial charge in [0, 0.05) is 6.42 Å². The van der Waals surface area contributed by atoms with Crippen LogP contribution in [0.3, 0.4) is 0 Å². The van der Waals surface area contributed by atoms with Gasteiger partial charge in [0.05, 0.1) is 13.2 Å². The Morgan fingerprint density at radius 2 is 1.94 bits per heavy atom. The second-order valence-corrected chi connectivity index (χ2v) is 12.3. The first-order valence-electron chi connectivity index (χ1n) is 9.39. The summed E-state index contributed by atoms with van der Waals surface area (Å²) in [6, 6.07) is 0. The number of hydrogen-bond acceptors (Lipinski definition) is 15. The van der Waals surface area contributed by atoms with E-state index in [0.717, 1.165) is 11.7 Å². The first-order chi connectivity index (χ1) is 15.8. The van der Waals surface area contributed by atoms with Gasteiger partial charge in [-0.25, -0.2) is 41.4 Å². The summed E-state index contributed by atoms with van der Waals surface area (Å²) in [5, 5.41) is 0. The molecule has 4 atom stereocenters. The summed E-state index contributed by atoms with van der Waals surface area (Å²) in [6.45, 7) is 0. The number of ether oxygens (including phenoxy) is 2. The molecule has 8 aliphatic rings. The van der Waals surface area contributed by atoms with Crippen LogP contribution in [-0.4, -0.2) is 39.9 Å². The SMILES string of the molecule is COC(=O)OP(=O)(O)COC1CCC2(C1)OP1(=O)OC3(OP4(=O)Oc5c3c(=O)n(c(=O)n52)O4)O1. The zero-order valence-corrected chi connectivity index (χ0v) is 19.4. The molecule has 8 heterocycles. The Bertz CT molecular complexity index is 1400. The Kier molecular flexibility index (Phi) is 4.36. The van der Waals surface area contributed by atoms with Crippen molar-refractivity contribution in [3.05, 3.63) is 26.4 Å². The highest BCUT2D eigenvalue weighted by Gasteiger charge is 2.75. The fraction of sp³-hybridized carbons (Fsp3) is 0.615. The lowest BCUT2D eigenvalue weighted by molar-refractivity contribution is -0.361. The van der Waals surface area contributed by atoms with Gasteiger partial charge in [-0.1, -0.05) is 4.73 Å². The van der Waals surface area contributed by atoms with Crippen LogP contribution in [0, 0.1) is 0 Å². The first-order valence-corrected chi connectivity index (χ1v) is 14.1. The molecule has 21 heteroatoms. The zero-order chi connectivity index (χ0) is 24.3. The summed E-state index contributed by atoms with van der Waals surface area (Å²) >= 11 is 0. The smallest absolute Gasteiger partial charge is 0.437 e. The van der Waals surface area contributed by atoms with Crippen molar-refractivity contribution in [2.45, 2.75) is 37.1 Å². The summed E-state index contributed by atoms with van der Waals surface area (Å²) in [4.78, 5) is 46.8. The quantitative estimate of drug-likeness (QED) is 0.400. The molecule has 2 spiro atoms. The van der Waals surface area contributed by atoms with Gasteiger partial charge in [-0.15, -0.1) is 0 Å². The van der Waals surface area contributed by atoms with E-state index in [2.05, 4.69) is 9.26 Å². The van der Waals surface area contributed by atoms with Crippen molar-refractivity contribution in [3.63, 3.8) is 0 Å². The van der Waals surface area contributed by atoms with Crippen LogP contribution in [0.15, 0.2) is 9.59 Å². The van der Waals surface area contributed by atoms with Gasteiger partial charge in [0.15, 0.2) is 17.6 Å². The molecule has 7 aliphatic heterocycles. The third kappa shape index (κ3) is 2.98. The molecule has 1 aromatic heterocycles. The molecule has 18 nitrogen and oxygen atoms in total. The Morgan fingerprint density at radius 3 is 2.65 bits per heavy atom. The molecule has 0 amide bonds. The highest BCUT2D eigenvalue weighted by Crippen LogP contribution is 2.78. The van der Waals surface area contributed by atoms with Crippen molar-refractivity contribution in [2.75, 3.05) is 13.5 Å². The minimum Gasteiger partial charge on any atom is -0.437 e. The summed E-state index contributed by atoms with van der Waals surface area (Å²) in [5.41, 5.74) is -4.82. The van der Waals surface area contributed by atoms with Crippen LogP contribution in [0.2, 0.25) is 0 Å². The number of carbonyl (C=O) groups is 1. The van der Waals surface area contributed by atoms with Crippen molar-refractivity contribution < 1.29 is 64.6 Å². The Morgan fingerprint density at radius 1 is 1.24 bits per heavy atom. The number of phosphoric ester groups is 2. The maximum absolute atomic E-state index is 13.1. The van der Waals surface area contributed by atoms with Crippen LogP contribution in [0.1, 0.15) is 24.8 Å². The summed E-state index contributed by atoms with van der Waals surface area (Å²) in [6.07, 6.45) is -3.65. The van der Waals surface area contributed by atoms with Crippen molar-refractivity contribution in [3.8, 4) is 5.88 Å². The maximum Gasteiger partial charge on any atom is 0.613 e. The van der Waals surface area contributed by atoms with Gasteiger partial charge < -0.3 is 23.4 Å². The summed E-state index contributed by atoms with van der Waals surface area (Å²) < 4.78 is 83.6. The predicted molar refractivity (Wildman–Crippen MR) is 98.3 cm³/mol. The number of hydrogen-bond donors (Lipinski definition) is 1. The standard InChI is InChI=1S/C13H13N2O16P3/c1-23-11(18)26-32(19,20)5-24-6-2-3-12(4-6)14-9-7-8(16)15(10(14)17)31-33(21,25-9)28-13(7)29-34(22,27-12)30-13/h6H,2-5H2,1H3,(H,19,20). The third-order valence-electron chi connectivity index (χ3n) is 5.51. The lowest BCUT2D eigenvalue weighted by atomic mass is 10.1. The molecule has 1 saturated carbocycles. The number of nitrogens with zero attached hydrogens (tertiary/aromatic N) is 2. The van der Waals surface area contributed by atoms with Crippen LogP contribution in [0.4, 0.5) is 4.79 Å². The maximum atomic E-state index is 13.1. The van der Waals surface area contributed by atoms with Crippen LogP contribution in [-0.2, 0) is 57.5 Å². The van der Waals surface area contributed by atoms with Gasteiger partial charge >= 0.3 is 46.6 Å².